The molecule has 0 bridgehead atoms. The number of hydrogen-bond acceptors (Lipinski definition) is 3. The zero-order valence-corrected chi connectivity index (χ0v) is 8.26. The molecule has 0 atom stereocenters. The van der Waals surface area contributed by atoms with Crippen molar-refractivity contribution in [1.29, 1.82) is 0 Å². The highest BCUT2D eigenvalue weighted by atomic mass is 35.5. The summed E-state index contributed by atoms with van der Waals surface area (Å²) in [5.74, 6) is -0.396. The number of rotatable bonds is 2. The quantitative estimate of drug-likeness (QED) is 0.501. The standard InChI is InChI=1S/C8H9BClNO2/c1-2-13-8(12)7-5(9)3-11-4-6(7)10/h3-4H,2,9H2,1H3. The van der Waals surface area contributed by atoms with Crippen LogP contribution < -0.4 is 5.46 Å². The molecule has 13 heavy (non-hydrogen) atoms. The van der Waals surface area contributed by atoms with Gasteiger partial charge in [-0.2, -0.15) is 0 Å². The Kier molecular flexibility index (Phi) is 3.31. The molecule has 0 saturated heterocycles. The Hall–Kier alpha value is -1.03. The van der Waals surface area contributed by atoms with Crippen LogP contribution in [0.25, 0.3) is 0 Å². The third-order valence-corrected chi connectivity index (χ3v) is 1.86. The van der Waals surface area contributed by atoms with Crippen LogP contribution in [-0.4, -0.2) is 25.4 Å². The van der Waals surface area contributed by atoms with Gasteiger partial charge in [-0.05, 0) is 6.92 Å². The lowest BCUT2D eigenvalue weighted by Gasteiger charge is -2.05. The van der Waals surface area contributed by atoms with E-state index in [1.54, 1.807) is 21.0 Å². The van der Waals surface area contributed by atoms with E-state index >= 15 is 0 Å². The first-order chi connectivity index (χ1) is 6.16. The molecule has 1 aromatic heterocycles. The van der Waals surface area contributed by atoms with Gasteiger partial charge in [0.05, 0.1) is 17.2 Å². The highest BCUT2D eigenvalue weighted by molar-refractivity contribution is 6.41. The van der Waals surface area contributed by atoms with Gasteiger partial charge in [0.1, 0.15) is 7.85 Å². The van der Waals surface area contributed by atoms with Crippen molar-refractivity contribution in [1.82, 2.24) is 4.98 Å². The minimum atomic E-state index is -0.396. The molecule has 0 aliphatic heterocycles. The Labute approximate surface area is 82.5 Å². The van der Waals surface area contributed by atoms with Gasteiger partial charge < -0.3 is 4.74 Å². The Morgan fingerprint density at radius 3 is 2.92 bits per heavy atom. The molecule has 1 heterocycles. The second-order valence-corrected chi connectivity index (χ2v) is 2.94. The first kappa shape index (κ1) is 10.1. The number of aromatic nitrogens is 1. The summed E-state index contributed by atoms with van der Waals surface area (Å²) >= 11 is 5.80. The van der Waals surface area contributed by atoms with Gasteiger partial charge in [0.15, 0.2) is 0 Å². The maximum Gasteiger partial charge on any atom is 0.339 e. The lowest BCUT2D eigenvalue weighted by atomic mass is 9.93. The van der Waals surface area contributed by atoms with E-state index in [2.05, 4.69) is 4.98 Å². The Morgan fingerprint density at radius 1 is 1.69 bits per heavy atom. The lowest BCUT2D eigenvalue weighted by molar-refractivity contribution is 0.0528. The van der Waals surface area contributed by atoms with E-state index in [1.807, 2.05) is 0 Å². The molecule has 0 unspecified atom stereocenters. The maximum absolute atomic E-state index is 11.4. The topological polar surface area (TPSA) is 39.2 Å². The second kappa shape index (κ2) is 4.28. The average molecular weight is 197 g/mol. The smallest absolute Gasteiger partial charge is 0.339 e. The number of pyridine rings is 1. The fourth-order valence-electron chi connectivity index (χ4n) is 0.994. The molecule has 0 aliphatic carbocycles. The van der Waals surface area contributed by atoms with Gasteiger partial charge in [0.2, 0.25) is 0 Å². The average Bonchev–Trinajstić information content (AvgIpc) is 2.04. The number of hydrogen-bond donors (Lipinski definition) is 0. The fourth-order valence-corrected chi connectivity index (χ4v) is 1.28. The van der Waals surface area contributed by atoms with Gasteiger partial charge >= 0.3 is 5.97 Å². The Morgan fingerprint density at radius 2 is 2.38 bits per heavy atom. The zero-order valence-electron chi connectivity index (χ0n) is 7.50. The van der Waals surface area contributed by atoms with Crippen molar-refractivity contribution in [3.8, 4) is 0 Å². The van der Waals surface area contributed by atoms with Gasteiger partial charge in [-0.25, -0.2) is 4.79 Å². The summed E-state index contributed by atoms with van der Waals surface area (Å²) in [6.07, 6.45) is 3.01. The molecule has 0 spiro atoms. The third kappa shape index (κ3) is 2.22. The van der Waals surface area contributed by atoms with E-state index in [1.165, 1.54) is 6.20 Å². The molecule has 0 radical (unpaired) electrons. The van der Waals surface area contributed by atoms with Crippen molar-refractivity contribution in [2.45, 2.75) is 6.92 Å². The highest BCUT2D eigenvalue weighted by Crippen LogP contribution is 2.12. The maximum atomic E-state index is 11.4. The molecule has 1 rings (SSSR count). The van der Waals surface area contributed by atoms with Crippen LogP contribution in [0.15, 0.2) is 12.4 Å². The fraction of sp³-hybridized carbons (Fsp3) is 0.250. The largest absolute Gasteiger partial charge is 0.462 e. The molecular formula is C8H9BClNO2. The lowest BCUT2D eigenvalue weighted by Crippen LogP contribution is -2.19. The minimum absolute atomic E-state index is 0.332. The summed E-state index contributed by atoms with van der Waals surface area (Å²) in [5.41, 5.74) is 1.13. The van der Waals surface area contributed by atoms with Crippen LogP contribution in [0.2, 0.25) is 5.02 Å². The SMILES string of the molecule is Bc1cncc(Cl)c1C(=O)OCC. The summed E-state index contributed by atoms with van der Waals surface area (Å²) in [7, 11) is 1.77. The number of esters is 1. The van der Waals surface area contributed by atoms with E-state index in [0.717, 1.165) is 5.46 Å². The highest BCUT2D eigenvalue weighted by Gasteiger charge is 2.13. The predicted molar refractivity (Wildman–Crippen MR) is 53.4 cm³/mol. The normalized spacial score (nSPS) is 9.69. The zero-order chi connectivity index (χ0) is 9.84. The summed E-state index contributed by atoms with van der Waals surface area (Å²) in [5, 5.41) is 0.332. The molecule has 1 aromatic rings. The van der Waals surface area contributed by atoms with Crippen LogP contribution in [-0.2, 0) is 4.74 Å². The molecule has 0 amide bonds. The van der Waals surface area contributed by atoms with Crippen molar-refractivity contribution < 1.29 is 9.53 Å². The third-order valence-electron chi connectivity index (χ3n) is 1.57. The van der Waals surface area contributed by atoms with Gasteiger partial charge in [-0.1, -0.05) is 17.1 Å². The van der Waals surface area contributed by atoms with Gasteiger partial charge in [0.25, 0.3) is 0 Å². The van der Waals surface area contributed by atoms with Crippen LogP contribution in [0.3, 0.4) is 0 Å². The summed E-state index contributed by atoms with van der Waals surface area (Å²) < 4.78 is 4.84. The van der Waals surface area contributed by atoms with Gasteiger partial charge in [-0.3, -0.25) is 4.98 Å². The van der Waals surface area contributed by atoms with E-state index in [9.17, 15) is 4.79 Å². The summed E-state index contributed by atoms with van der Waals surface area (Å²) in [6, 6.07) is 0. The first-order valence-electron chi connectivity index (χ1n) is 3.94. The number of halogens is 1. The van der Waals surface area contributed by atoms with Crippen LogP contribution in [0.1, 0.15) is 17.3 Å². The monoisotopic (exact) mass is 197 g/mol. The Balaban J connectivity index is 3.05. The molecule has 0 aromatic carbocycles. The molecule has 0 saturated carbocycles. The summed E-state index contributed by atoms with van der Waals surface area (Å²) in [4.78, 5) is 15.2. The molecule has 68 valence electrons. The predicted octanol–water partition coefficient (Wildman–Crippen LogP) is 0.170. The van der Waals surface area contributed by atoms with E-state index in [0.29, 0.717) is 17.2 Å². The molecular weight excluding hydrogens is 188 g/mol. The van der Waals surface area contributed by atoms with Crippen LogP contribution >= 0.6 is 11.6 Å². The summed E-state index contributed by atoms with van der Waals surface area (Å²) in [6.45, 7) is 2.10. The molecule has 0 fully saturated rings. The number of carbonyl (C=O) groups is 1. The van der Waals surface area contributed by atoms with Crippen molar-refractivity contribution in [2.75, 3.05) is 6.61 Å². The van der Waals surface area contributed by atoms with Crippen LogP contribution in [0.4, 0.5) is 0 Å². The van der Waals surface area contributed by atoms with Crippen LogP contribution in [0.5, 0.6) is 0 Å². The van der Waals surface area contributed by atoms with E-state index < -0.39 is 5.97 Å². The second-order valence-electron chi connectivity index (χ2n) is 2.53. The van der Waals surface area contributed by atoms with Crippen LogP contribution in [0, 0.1) is 0 Å². The Bertz CT molecular complexity index is 310. The van der Waals surface area contributed by atoms with E-state index in [4.69, 9.17) is 16.3 Å². The van der Waals surface area contributed by atoms with Gasteiger partial charge in [-0.15, -0.1) is 0 Å². The van der Waals surface area contributed by atoms with Crippen molar-refractivity contribution in [3.63, 3.8) is 0 Å². The van der Waals surface area contributed by atoms with E-state index in [-0.39, 0.29) is 0 Å². The molecule has 5 heteroatoms. The molecule has 0 N–H and O–H groups in total. The number of carbonyl (C=O) groups excluding carboxylic acids is 1. The number of nitrogens with zero attached hydrogens (tertiary/aromatic N) is 1. The first-order valence-corrected chi connectivity index (χ1v) is 4.31. The van der Waals surface area contributed by atoms with Gasteiger partial charge in [0, 0.05) is 12.4 Å². The van der Waals surface area contributed by atoms with Crippen molar-refractivity contribution >= 4 is 30.9 Å². The molecule has 0 aliphatic rings. The number of ether oxygens (including phenoxy) is 1. The minimum Gasteiger partial charge on any atom is -0.462 e. The molecule has 3 nitrogen and oxygen atoms in total. The van der Waals surface area contributed by atoms with Crippen molar-refractivity contribution in [3.05, 3.63) is 23.0 Å². The van der Waals surface area contributed by atoms with Crippen molar-refractivity contribution in [2.24, 2.45) is 0 Å².